The van der Waals surface area contributed by atoms with E-state index in [9.17, 15) is 9.59 Å². The molecule has 1 N–H and O–H groups in total. The Bertz CT molecular complexity index is 871. The number of hydrogen-bond acceptors (Lipinski definition) is 4. The summed E-state index contributed by atoms with van der Waals surface area (Å²) >= 11 is 0. The molecule has 0 atom stereocenters. The maximum atomic E-state index is 12.4. The van der Waals surface area contributed by atoms with Crippen molar-refractivity contribution in [1.82, 2.24) is 10.2 Å². The first-order valence-electron chi connectivity index (χ1n) is 10.3. The SMILES string of the molecule is COc1ccc(CC(=O)NC2CCN(C(=O)COc3ccc(C)c(C)c3)CC2)cc1. The molecular formula is C24H30N2O4. The Morgan fingerprint density at radius 2 is 1.67 bits per heavy atom. The van der Waals surface area contributed by atoms with Crippen LogP contribution in [0.5, 0.6) is 11.5 Å². The van der Waals surface area contributed by atoms with Gasteiger partial charge in [0.2, 0.25) is 5.91 Å². The van der Waals surface area contributed by atoms with E-state index in [2.05, 4.69) is 5.32 Å². The number of ether oxygens (including phenoxy) is 2. The number of benzene rings is 2. The molecule has 0 aliphatic carbocycles. The minimum atomic E-state index is -0.0174. The minimum absolute atomic E-state index is 0.00279. The predicted octanol–water partition coefficient (Wildman–Crippen LogP) is 3.04. The van der Waals surface area contributed by atoms with Gasteiger partial charge in [-0.25, -0.2) is 0 Å². The number of nitrogens with zero attached hydrogens (tertiary/aromatic N) is 1. The van der Waals surface area contributed by atoms with Crippen molar-refractivity contribution in [3.8, 4) is 11.5 Å². The highest BCUT2D eigenvalue weighted by atomic mass is 16.5. The van der Waals surface area contributed by atoms with E-state index in [1.54, 1.807) is 7.11 Å². The molecule has 2 aromatic carbocycles. The molecule has 1 fully saturated rings. The van der Waals surface area contributed by atoms with Gasteiger partial charge in [0.05, 0.1) is 13.5 Å². The third-order valence-electron chi connectivity index (χ3n) is 5.58. The smallest absolute Gasteiger partial charge is 0.260 e. The molecule has 2 amide bonds. The predicted molar refractivity (Wildman–Crippen MR) is 116 cm³/mol. The summed E-state index contributed by atoms with van der Waals surface area (Å²) in [5.41, 5.74) is 3.29. The second-order valence-electron chi connectivity index (χ2n) is 7.78. The average Bonchev–Trinajstić information content (AvgIpc) is 2.75. The summed E-state index contributed by atoms with van der Waals surface area (Å²) in [6, 6.07) is 13.4. The maximum Gasteiger partial charge on any atom is 0.260 e. The first-order chi connectivity index (χ1) is 14.4. The highest BCUT2D eigenvalue weighted by molar-refractivity contribution is 5.79. The third kappa shape index (κ3) is 5.99. The molecule has 1 aliphatic rings. The largest absolute Gasteiger partial charge is 0.497 e. The second kappa shape index (κ2) is 10.1. The first kappa shape index (κ1) is 21.7. The van der Waals surface area contributed by atoms with Gasteiger partial charge in [-0.05, 0) is 67.6 Å². The zero-order valence-electron chi connectivity index (χ0n) is 17.9. The van der Waals surface area contributed by atoms with Gasteiger partial charge in [0, 0.05) is 19.1 Å². The Hall–Kier alpha value is -3.02. The van der Waals surface area contributed by atoms with E-state index in [4.69, 9.17) is 9.47 Å². The standard InChI is InChI=1S/C24H30N2O4/c1-17-4-7-22(14-18(17)2)30-16-24(28)26-12-10-20(11-13-26)25-23(27)15-19-5-8-21(29-3)9-6-19/h4-9,14,20H,10-13,15-16H2,1-3H3,(H,25,27). The Labute approximate surface area is 178 Å². The van der Waals surface area contributed by atoms with Crippen LogP contribution in [0.15, 0.2) is 42.5 Å². The van der Waals surface area contributed by atoms with E-state index in [1.165, 1.54) is 5.56 Å². The molecule has 0 spiro atoms. The summed E-state index contributed by atoms with van der Waals surface area (Å²) in [6.07, 6.45) is 1.85. The molecule has 160 valence electrons. The van der Waals surface area contributed by atoms with E-state index in [-0.39, 0.29) is 24.5 Å². The molecule has 1 heterocycles. The lowest BCUT2D eigenvalue weighted by Gasteiger charge is -2.32. The Kier molecular flexibility index (Phi) is 7.33. The van der Waals surface area contributed by atoms with E-state index in [0.717, 1.165) is 29.7 Å². The third-order valence-corrected chi connectivity index (χ3v) is 5.58. The minimum Gasteiger partial charge on any atom is -0.497 e. The van der Waals surface area contributed by atoms with Crippen LogP contribution in [0.1, 0.15) is 29.5 Å². The topological polar surface area (TPSA) is 67.9 Å². The van der Waals surface area contributed by atoms with Crippen molar-refractivity contribution in [2.75, 3.05) is 26.8 Å². The molecule has 6 nitrogen and oxygen atoms in total. The number of carbonyl (C=O) groups excluding carboxylic acids is 2. The number of rotatable bonds is 7. The van der Waals surface area contributed by atoms with Crippen LogP contribution in [0.3, 0.4) is 0 Å². The zero-order chi connectivity index (χ0) is 21.5. The van der Waals surface area contributed by atoms with Crippen LogP contribution in [0, 0.1) is 13.8 Å². The number of likely N-dealkylation sites (tertiary alicyclic amines) is 1. The van der Waals surface area contributed by atoms with Crippen molar-refractivity contribution in [2.24, 2.45) is 0 Å². The van der Waals surface area contributed by atoms with Crippen LogP contribution in [-0.4, -0.2) is 49.6 Å². The van der Waals surface area contributed by atoms with Crippen molar-refractivity contribution < 1.29 is 19.1 Å². The molecular weight excluding hydrogens is 380 g/mol. The van der Waals surface area contributed by atoms with Crippen LogP contribution < -0.4 is 14.8 Å². The number of piperidine rings is 1. The van der Waals surface area contributed by atoms with Crippen molar-refractivity contribution in [1.29, 1.82) is 0 Å². The highest BCUT2D eigenvalue weighted by Crippen LogP contribution is 2.17. The molecule has 0 unspecified atom stereocenters. The van der Waals surface area contributed by atoms with Gasteiger partial charge in [-0.3, -0.25) is 9.59 Å². The van der Waals surface area contributed by atoms with Gasteiger partial charge in [-0.15, -0.1) is 0 Å². The molecule has 2 aromatic rings. The van der Waals surface area contributed by atoms with Gasteiger partial charge in [0.1, 0.15) is 11.5 Å². The van der Waals surface area contributed by atoms with Gasteiger partial charge in [0.25, 0.3) is 5.91 Å². The van der Waals surface area contributed by atoms with E-state index < -0.39 is 0 Å². The first-order valence-corrected chi connectivity index (χ1v) is 10.3. The Morgan fingerprint density at radius 3 is 2.30 bits per heavy atom. The Morgan fingerprint density at radius 1 is 1.00 bits per heavy atom. The maximum absolute atomic E-state index is 12.4. The average molecular weight is 411 g/mol. The molecule has 0 radical (unpaired) electrons. The monoisotopic (exact) mass is 410 g/mol. The number of methoxy groups -OCH3 is 1. The van der Waals surface area contributed by atoms with Crippen LogP contribution in [0.2, 0.25) is 0 Å². The summed E-state index contributed by atoms with van der Waals surface area (Å²) in [7, 11) is 1.62. The van der Waals surface area contributed by atoms with Gasteiger partial charge in [0.15, 0.2) is 6.61 Å². The summed E-state index contributed by atoms with van der Waals surface area (Å²) in [6.45, 7) is 5.37. The van der Waals surface area contributed by atoms with E-state index in [1.807, 2.05) is 61.2 Å². The van der Waals surface area contributed by atoms with Crippen molar-refractivity contribution in [3.63, 3.8) is 0 Å². The lowest BCUT2D eigenvalue weighted by Crippen LogP contribution is -2.48. The fraction of sp³-hybridized carbons (Fsp3) is 0.417. The quantitative estimate of drug-likeness (QED) is 0.762. The lowest BCUT2D eigenvalue weighted by atomic mass is 10.0. The van der Waals surface area contributed by atoms with Crippen molar-refractivity contribution in [3.05, 3.63) is 59.2 Å². The van der Waals surface area contributed by atoms with Crippen molar-refractivity contribution in [2.45, 2.75) is 39.2 Å². The van der Waals surface area contributed by atoms with E-state index >= 15 is 0 Å². The van der Waals surface area contributed by atoms with Crippen LogP contribution >= 0.6 is 0 Å². The number of carbonyl (C=O) groups is 2. The van der Waals surface area contributed by atoms with Gasteiger partial charge < -0.3 is 19.7 Å². The van der Waals surface area contributed by atoms with Crippen molar-refractivity contribution >= 4 is 11.8 Å². The number of amides is 2. The van der Waals surface area contributed by atoms with Gasteiger partial charge >= 0.3 is 0 Å². The molecule has 0 aromatic heterocycles. The van der Waals surface area contributed by atoms with Gasteiger partial charge in [-0.2, -0.15) is 0 Å². The number of nitrogens with one attached hydrogen (secondary N) is 1. The highest BCUT2D eigenvalue weighted by Gasteiger charge is 2.24. The molecule has 3 rings (SSSR count). The van der Waals surface area contributed by atoms with Gasteiger partial charge in [-0.1, -0.05) is 18.2 Å². The molecule has 1 saturated heterocycles. The summed E-state index contributed by atoms with van der Waals surface area (Å²) in [5, 5.41) is 3.09. The normalized spacial score (nSPS) is 14.3. The van der Waals surface area contributed by atoms with Crippen LogP contribution in [0.4, 0.5) is 0 Å². The fourth-order valence-electron chi connectivity index (χ4n) is 3.52. The molecule has 30 heavy (non-hydrogen) atoms. The number of hydrogen-bond donors (Lipinski definition) is 1. The van der Waals surface area contributed by atoms with Crippen LogP contribution in [-0.2, 0) is 16.0 Å². The van der Waals surface area contributed by atoms with Crippen LogP contribution in [0.25, 0.3) is 0 Å². The lowest BCUT2D eigenvalue weighted by molar-refractivity contribution is -0.134. The molecule has 6 heteroatoms. The van der Waals surface area contributed by atoms with E-state index in [0.29, 0.717) is 25.3 Å². The summed E-state index contributed by atoms with van der Waals surface area (Å²) in [4.78, 5) is 26.6. The zero-order valence-corrected chi connectivity index (χ0v) is 17.9. The summed E-state index contributed by atoms with van der Waals surface area (Å²) < 4.78 is 10.8. The second-order valence-corrected chi connectivity index (χ2v) is 7.78. The summed E-state index contributed by atoms with van der Waals surface area (Å²) in [5.74, 6) is 1.48. The molecule has 0 bridgehead atoms. The molecule has 1 aliphatic heterocycles. The molecule has 0 saturated carbocycles. The Balaban J connectivity index is 1.39. The fourth-order valence-corrected chi connectivity index (χ4v) is 3.52. The number of aryl methyl sites for hydroxylation is 2.